The summed E-state index contributed by atoms with van der Waals surface area (Å²) in [5.74, 6) is 0.982. The van der Waals surface area contributed by atoms with Crippen LogP contribution in [-0.4, -0.2) is 48.5 Å². The van der Waals surface area contributed by atoms with Crippen molar-refractivity contribution >= 4 is 17.6 Å². The summed E-state index contributed by atoms with van der Waals surface area (Å²) in [7, 11) is 3.85. The monoisotopic (exact) mass is 339 g/mol. The Morgan fingerprint density at radius 3 is 2.84 bits per heavy atom. The lowest BCUT2D eigenvalue weighted by Crippen LogP contribution is -2.40. The Bertz CT molecular complexity index is 819. The summed E-state index contributed by atoms with van der Waals surface area (Å²) in [5, 5.41) is 5.47. The van der Waals surface area contributed by atoms with Crippen molar-refractivity contribution in [3.05, 3.63) is 41.6 Å². The Hall–Kier alpha value is -2.96. The molecule has 1 saturated heterocycles. The molecule has 2 N–H and O–H groups in total. The van der Waals surface area contributed by atoms with Crippen molar-refractivity contribution in [2.45, 2.75) is 19.4 Å². The van der Waals surface area contributed by atoms with Gasteiger partial charge in [0, 0.05) is 43.5 Å². The van der Waals surface area contributed by atoms with Crippen LogP contribution in [0.1, 0.15) is 22.3 Å². The lowest BCUT2D eigenvalue weighted by molar-refractivity contribution is -0.120. The van der Waals surface area contributed by atoms with Crippen molar-refractivity contribution in [3.8, 4) is 11.4 Å². The molecule has 25 heavy (non-hydrogen) atoms. The van der Waals surface area contributed by atoms with Gasteiger partial charge in [-0.1, -0.05) is 12.1 Å². The Morgan fingerprint density at radius 2 is 2.16 bits per heavy atom. The first-order valence-electron chi connectivity index (χ1n) is 8.15. The fourth-order valence-corrected chi connectivity index (χ4v) is 2.80. The van der Waals surface area contributed by atoms with Crippen LogP contribution in [0, 0.1) is 6.92 Å². The molecule has 2 aromatic rings. The molecule has 0 radical (unpaired) electrons. The number of nitrogens with one attached hydrogen (secondary N) is 2. The molecule has 0 unspecified atom stereocenters. The van der Waals surface area contributed by atoms with E-state index in [1.807, 2.05) is 32.0 Å². The largest absolute Gasteiger partial charge is 0.362 e. The van der Waals surface area contributed by atoms with E-state index in [0.717, 1.165) is 16.9 Å². The number of anilines is 1. The molecular formula is C18H21N5O2. The molecule has 1 atom stereocenters. The molecule has 130 valence electrons. The second-order valence-corrected chi connectivity index (χ2v) is 6.28. The van der Waals surface area contributed by atoms with Gasteiger partial charge in [-0.25, -0.2) is 9.97 Å². The highest BCUT2D eigenvalue weighted by molar-refractivity contribution is 5.98. The highest BCUT2D eigenvalue weighted by atomic mass is 16.2. The van der Waals surface area contributed by atoms with Crippen molar-refractivity contribution in [2.75, 3.05) is 25.5 Å². The minimum atomic E-state index is -0.466. The standard InChI is InChI=1S/C18H21N5O2/c1-11-10-20-15(22-16(11)23(2)3)12-5-4-6-13(9-12)17(24)21-14-7-8-19-18(14)25/h4-6,9-10,14H,7-8H2,1-3H3,(H,19,25)(H,21,24)/t14-/m1/s1. The third-order valence-corrected chi connectivity index (χ3v) is 4.11. The molecule has 2 amide bonds. The van der Waals surface area contributed by atoms with E-state index in [9.17, 15) is 9.59 Å². The Kier molecular flexibility index (Phi) is 4.65. The van der Waals surface area contributed by atoms with Gasteiger partial charge in [0.1, 0.15) is 11.9 Å². The van der Waals surface area contributed by atoms with Crippen LogP contribution in [0.15, 0.2) is 30.5 Å². The molecule has 0 aliphatic carbocycles. The van der Waals surface area contributed by atoms with Crippen LogP contribution in [0.4, 0.5) is 5.82 Å². The minimum absolute atomic E-state index is 0.137. The van der Waals surface area contributed by atoms with E-state index in [1.54, 1.807) is 24.4 Å². The highest BCUT2D eigenvalue weighted by Crippen LogP contribution is 2.21. The van der Waals surface area contributed by atoms with Gasteiger partial charge in [0.2, 0.25) is 5.91 Å². The van der Waals surface area contributed by atoms with Crippen LogP contribution >= 0.6 is 0 Å². The molecule has 1 aliphatic rings. The zero-order valence-electron chi connectivity index (χ0n) is 14.5. The van der Waals surface area contributed by atoms with Gasteiger partial charge in [0.15, 0.2) is 5.82 Å². The number of hydrogen-bond donors (Lipinski definition) is 2. The van der Waals surface area contributed by atoms with Crippen molar-refractivity contribution in [1.29, 1.82) is 0 Å². The first kappa shape index (κ1) is 16.9. The Morgan fingerprint density at radius 1 is 1.36 bits per heavy atom. The topological polar surface area (TPSA) is 87.2 Å². The lowest BCUT2D eigenvalue weighted by atomic mass is 10.1. The van der Waals surface area contributed by atoms with Crippen molar-refractivity contribution < 1.29 is 9.59 Å². The first-order chi connectivity index (χ1) is 12.0. The zero-order chi connectivity index (χ0) is 18.0. The number of rotatable bonds is 4. The van der Waals surface area contributed by atoms with Gasteiger partial charge in [-0.15, -0.1) is 0 Å². The zero-order valence-corrected chi connectivity index (χ0v) is 14.5. The van der Waals surface area contributed by atoms with Crippen molar-refractivity contribution in [3.63, 3.8) is 0 Å². The molecule has 0 bridgehead atoms. The van der Waals surface area contributed by atoms with Gasteiger partial charge in [-0.3, -0.25) is 9.59 Å². The summed E-state index contributed by atoms with van der Waals surface area (Å²) in [6, 6.07) is 6.65. The molecule has 1 aromatic heterocycles. The highest BCUT2D eigenvalue weighted by Gasteiger charge is 2.26. The van der Waals surface area contributed by atoms with Gasteiger partial charge in [-0.05, 0) is 25.5 Å². The number of aromatic nitrogens is 2. The van der Waals surface area contributed by atoms with Gasteiger partial charge in [-0.2, -0.15) is 0 Å². The molecule has 3 rings (SSSR count). The van der Waals surface area contributed by atoms with E-state index >= 15 is 0 Å². The molecular weight excluding hydrogens is 318 g/mol. The van der Waals surface area contributed by atoms with Crippen LogP contribution in [-0.2, 0) is 4.79 Å². The molecule has 0 saturated carbocycles. The van der Waals surface area contributed by atoms with Crippen LogP contribution in [0.25, 0.3) is 11.4 Å². The van der Waals surface area contributed by atoms with Crippen LogP contribution in [0.2, 0.25) is 0 Å². The number of amides is 2. The quantitative estimate of drug-likeness (QED) is 0.872. The van der Waals surface area contributed by atoms with E-state index in [2.05, 4.69) is 20.6 Å². The van der Waals surface area contributed by atoms with Crippen molar-refractivity contribution in [1.82, 2.24) is 20.6 Å². The number of hydrogen-bond acceptors (Lipinski definition) is 5. The fourth-order valence-electron chi connectivity index (χ4n) is 2.80. The SMILES string of the molecule is Cc1cnc(-c2cccc(C(=O)N[C@@H]3CCNC3=O)c2)nc1N(C)C. The Balaban J connectivity index is 1.85. The van der Waals surface area contributed by atoms with Crippen molar-refractivity contribution in [2.24, 2.45) is 0 Å². The smallest absolute Gasteiger partial charge is 0.251 e. The Labute approximate surface area is 146 Å². The average molecular weight is 339 g/mol. The number of carbonyl (C=O) groups is 2. The summed E-state index contributed by atoms with van der Waals surface area (Å²) in [5.41, 5.74) is 2.22. The third-order valence-electron chi connectivity index (χ3n) is 4.11. The van der Waals surface area contributed by atoms with Gasteiger partial charge in [0.25, 0.3) is 5.91 Å². The molecule has 0 spiro atoms. The maximum absolute atomic E-state index is 12.4. The van der Waals surface area contributed by atoms with Crippen LogP contribution in [0.5, 0.6) is 0 Å². The van der Waals surface area contributed by atoms with Crippen LogP contribution < -0.4 is 15.5 Å². The summed E-state index contributed by atoms with van der Waals surface area (Å²) in [6.45, 7) is 2.55. The van der Waals surface area contributed by atoms with Gasteiger partial charge >= 0.3 is 0 Å². The second-order valence-electron chi connectivity index (χ2n) is 6.28. The van der Waals surface area contributed by atoms with Gasteiger partial charge < -0.3 is 15.5 Å². The summed E-state index contributed by atoms with van der Waals surface area (Å²) >= 11 is 0. The first-order valence-corrected chi connectivity index (χ1v) is 8.15. The maximum atomic E-state index is 12.4. The van der Waals surface area contributed by atoms with E-state index in [0.29, 0.717) is 24.4 Å². The fraction of sp³-hybridized carbons (Fsp3) is 0.333. The summed E-state index contributed by atoms with van der Waals surface area (Å²) < 4.78 is 0. The molecule has 1 fully saturated rings. The number of nitrogens with zero attached hydrogens (tertiary/aromatic N) is 3. The molecule has 7 heteroatoms. The lowest BCUT2D eigenvalue weighted by Gasteiger charge is -2.15. The minimum Gasteiger partial charge on any atom is -0.362 e. The maximum Gasteiger partial charge on any atom is 0.251 e. The van der Waals surface area contributed by atoms with E-state index < -0.39 is 6.04 Å². The third kappa shape index (κ3) is 3.60. The number of aryl methyl sites for hydroxylation is 1. The second kappa shape index (κ2) is 6.88. The molecule has 7 nitrogen and oxygen atoms in total. The normalized spacial score (nSPS) is 16.4. The number of carbonyl (C=O) groups excluding carboxylic acids is 2. The number of benzene rings is 1. The average Bonchev–Trinajstić information content (AvgIpc) is 3.00. The van der Waals surface area contributed by atoms with E-state index in [1.165, 1.54) is 0 Å². The van der Waals surface area contributed by atoms with E-state index in [-0.39, 0.29) is 11.8 Å². The molecule has 1 aromatic carbocycles. The molecule has 1 aliphatic heterocycles. The summed E-state index contributed by atoms with van der Waals surface area (Å²) in [4.78, 5) is 34.9. The summed E-state index contributed by atoms with van der Waals surface area (Å²) in [6.07, 6.45) is 2.38. The van der Waals surface area contributed by atoms with Crippen LogP contribution in [0.3, 0.4) is 0 Å². The molecule has 2 heterocycles. The van der Waals surface area contributed by atoms with Gasteiger partial charge in [0.05, 0.1) is 0 Å². The predicted molar refractivity (Wildman–Crippen MR) is 95.4 cm³/mol. The predicted octanol–water partition coefficient (Wildman–Crippen LogP) is 1.14. The van der Waals surface area contributed by atoms with E-state index in [4.69, 9.17) is 0 Å².